The minimum absolute atomic E-state index is 0.209. The standard InChI is InChI=1S/C9H20N2O/c1-5-7-11(4)9(12)8-10(3)6-2/h5-8H2,1-4H3. The van der Waals surface area contributed by atoms with Gasteiger partial charge in [0.05, 0.1) is 6.54 Å². The van der Waals surface area contributed by atoms with Crippen LogP contribution >= 0.6 is 0 Å². The molecule has 0 N–H and O–H groups in total. The molecule has 0 heterocycles. The van der Waals surface area contributed by atoms with Crippen LogP contribution in [0, 0.1) is 0 Å². The molecule has 0 atom stereocenters. The van der Waals surface area contributed by atoms with Crippen LogP contribution < -0.4 is 0 Å². The molecule has 0 aromatic carbocycles. The van der Waals surface area contributed by atoms with E-state index in [0.717, 1.165) is 19.5 Å². The molecule has 12 heavy (non-hydrogen) atoms. The van der Waals surface area contributed by atoms with E-state index in [9.17, 15) is 4.79 Å². The summed E-state index contributed by atoms with van der Waals surface area (Å²) in [4.78, 5) is 15.2. The molecule has 0 unspecified atom stereocenters. The van der Waals surface area contributed by atoms with Gasteiger partial charge >= 0.3 is 0 Å². The first-order valence-corrected chi connectivity index (χ1v) is 4.54. The number of likely N-dealkylation sites (N-methyl/N-ethyl adjacent to an activating group) is 2. The summed E-state index contributed by atoms with van der Waals surface area (Å²) in [6.07, 6.45) is 1.03. The third kappa shape index (κ3) is 4.34. The second-order valence-corrected chi connectivity index (χ2v) is 3.15. The first-order valence-electron chi connectivity index (χ1n) is 4.54. The number of rotatable bonds is 5. The van der Waals surface area contributed by atoms with Crippen LogP contribution in [0.4, 0.5) is 0 Å². The van der Waals surface area contributed by atoms with Crippen molar-refractivity contribution in [2.75, 3.05) is 33.7 Å². The fourth-order valence-corrected chi connectivity index (χ4v) is 0.924. The molecule has 0 rings (SSSR count). The van der Waals surface area contributed by atoms with Gasteiger partial charge in [0.1, 0.15) is 0 Å². The van der Waals surface area contributed by atoms with Crippen LogP contribution in [-0.4, -0.2) is 49.4 Å². The molecular formula is C9H20N2O. The molecule has 0 saturated heterocycles. The van der Waals surface area contributed by atoms with Gasteiger partial charge in [0.2, 0.25) is 5.91 Å². The lowest BCUT2D eigenvalue weighted by atomic mass is 10.4. The van der Waals surface area contributed by atoms with E-state index in [0.29, 0.717) is 6.54 Å². The SMILES string of the molecule is CCCN(C)C(=O)CN(C)CC. The number of hydrogen-bond acceptors (Lipinski definition) is 2. The minimum atomic E-state index is 0.209. The molecule has 0 aliphatic carbocycles. The van der Waals surface area contributed by atoms with E-state index in [1.54, 1.807) is 4.90 Å². The first-order chi connectivity index (χ1) is 5.61. The van der Waals surface area contributed by atoms with E-state index >= 15 is 0 Å². The van der Waals surface area contributed by atoms with Crippen LogP contribution in [0.15, 0.2) is 0 Å². The third-order valence-electron chi connectivity index (χ3n) is 1.93. The molecule has 0 fully saturated rings. The number of carbonyl (C=O) groups is 1. The van der Waals surface area contributed by atoms with Crippen molar-refractivity contribution in [1.29, 1.82) is 0 Å². The van der Waals surface area contributed by atoms with Crippen molar-refractivity contribution in [3.05, 3.63) is 0 Å². The second-order valence-electron chi connectivity index (χ2n) is 3.15. The smallest absolute Gasteiger partial charge is 0.236 e. The highest BCUT2D eigenvalue weighted by atomic mass is 16.2. The second kappa shape index (κ2) is 6.00. The highest BCUT2D eigenvalue weighted by Crippen LogP contribution is 1.90. The highest BCUT2D eigenvalue weighted by Gasteiger charge is 2.08. The van der Waals surface area contributed by atoms with Crippen LogP contribution in [0.3, 0.4) is 0 Å². The summed E-state index contributed by atoms with van der Waals surface area (Å²) in [7, 11) is 3.81. The van der Waals surface area contributed by atoms with Gasteiger partial charge in [-0.3, -0.25) is 9.69 Å². The van der Waals surface area contributed by atoms with Gasteiger partial charge in [-0.25, -0.2) is 0 Å². The zero-order chi connectivity index (χ0) is 9.56. The van der Waals surface area contributed by atoms with Crippen molar-refractivity contribution in [2.45, 2.75) is 20.3 Å². The zero-order valence-corrected chi connectivity index (χ0v) is 8.63. The highest BCUT2D eigenvalue weighted by molar-refractivity contribution is 5.77. The Balaban J connectivity index is 3.70. The van der Waals surface area contributed by atoms with Crippen LogP contribution in [0.2, 0.25) is 0 Å². The largest absolute Gasteiger partial charge is 0.345 e. The Labute approximate surface area is 75.3 Å². The van der Waals surface area contributed by atoms with E-state index in [1.807, 2.05) is 25.9 Å². The topological polar surface area (TPSA) is 23.6 Å². The summed E-state index contributed by atoms with van der Waals surface area (Å²) in [6, 6.07) is 0. The summed E-state index contributed by atoms with van der Waals surface area (Å²) in [5, 5.41) is 0. The summed E-state index contributed by atoms with van der Waals surface area (Å²) in [6.45, 7) is 6.44. The number of amides is 1. The molecule has 0 aromatic heterocycles. The van der Waals surface area contributed by atoms with Crippen molar-refractivity contribution in [1.82, 2.24) is 9.80 Å². The van der Waals surface area contributed by atoms with Crippen LogP contribution in [0.1, 0.15) is 20.3 Å². The predicted molar refractivity (Wildman–Crippen MR) is 51.1 cm³/mol. The number of carbonyl (C=O) groups excluding carboxylic acids is 1. The molecule has 0 aliphatic heterocycles. The molecule has 0 aromatic rings. The molecular weight excluding hydrogens is 152 g/mol. The lowest BCUT2D eigenvalue weighted by molar-refractivity contribution is -0.130. The van der Waals surface area contributed by atoms with Crippen LogP contribution in [0.5, 0.6) is 0 Å². The van der Waals surface area contributed by atoms with Gasteiger partial charge in [-0.05, 0) is 20.0 Å². The molecule has 3 heteroatoms. The van der Waals surface area contributed by atoms with Gasteiger partial charge in [-0.2, -0.15) is 0 Å². The predicted octanol–water partition coefficient (Wildman–Crippen LogP) is 0.806. The maximum atomic E-state index is 11.4. The van der Waals surface area contributed by atoms with E-state index in [4.69, 9.17) is 0 Å². The third-order valence-corrected chi connectivity index (χ3v) is 1.93. The Morgan fingerprint density at radius 1 is 1.25 bits per heavy atom. The minimum Gasteiger partial charge on any atom is -0.345 e. The lowest BCUT2D eigenvalue weighted by Crippen LogP contribution is -2.36. The molecule has 0 spiro atoms. The molecule has 72 valence electrons. The average molecular weight is 172 g/mol. The van der Waals surface area contributed by atoms with E-state index in [2.05, 4.69) is 6.92 Å². The quantitative estimate of drug-likeness (QED) is 0.612. The average Bonchev–Trinajstić information content (AvgIpc) is 2.04. The lowest BCUT2D eigenvalue weighted by Gasteiger charge is -2.20. The maximum Gasteiger partial charge on any atom is 0.236 e. The zero-order valence-electron chi connectivity index (χ0n) is 8.63. The Morgan fingerprint density at radius 3 is 2.25 bits per heavy atom. The first kappa shape index (κ1) is 11.4. The van der Waals surface area contributed by atoms with Gasteiger partial charge in [-0.15, -0.1) is 0 Å². The number of nitrogens with zero attached hydrogens (tertiary/aromatic N) is 2. The summed E-state index contributed by atoms with van der Waals surface area (Å²) >= 11 is 0. The molecule has 0 aliphatic rings. The van der Waals surface area contributed by atoms with Gasteiger partial charge < -0.3 is 4.90 Å². The van der Waals surface area contributed by atoms with Crippen LogP contribution in [-0.2, 0) is 4.79 Å². The molecule has 0 bridgehead atoms. The van der Waals surface area contributed by atoms with Gasteiger partial charge in [0.25, 0.3) is 0 Å². The normalized spacial score (nSPS) is 10.4. The molecule has 0 saturated carbocycles. The van der Waals surface area contributed by atoms with E-state index < -0.39 is 0 Å². The summed E-state index contributed by atoms with van der Waals surface area (Å²) < 4.78 is 0. The van der Waals surface area contributed by atoms with Gasteiger partial charge in [0, 0.05) is 13.6 Å². The van der Waals surface area contributed by atoms with Gasteiger partial charge in [0.15, 0.2) is 0 Å². The van der Waals surface area contributed by atoms with Crippen LogP contribution in [0.25, 0.3) is 0 Å². The van der Waals surface area contributed by atoms with E-state index in [-0.39, 0.29) is 5.91 Å². The molecule has 3 nitrogen and oxygen atoms in total. The van der Waals surface area contributed by atoms with Gasteiger partial charge in [-0.1, -0.05) is 13.8 Å². The Morgan fingerprint density at radius 2 is 1.83 bits per heavy atom. The van der Waals surface area contributed by atoms with Crippen molar-refractivity contribution >= 4 is 5.91 Å². The Bertz CT molecular complexity index is 136. The molecule has 0 radical (unpaired) electrons. The van der Waals surface area contributed by atoms with Crippen molar-refractivity contribution in [3.63, 3.8) is 0 Å². The fourth-order valence-electron chi connectivity index (χ4n) is 0.924. The fraction of sp³-hybridized carbons (Fsp3) is 0.889. The van der Waals surface area contributed by atoms with Crippen molar-refractivity contribution < 1.29 is 4.79 Å². The molecule has 1 amide bonds. The maximum absolute atomic E-state index is 11.4. The Kier molecular flexibility index (Phi) is 5.72. The summed E-state index contributed by atoms with van der Waals surface area (Å²) in [5.41, 5.74) is 0. The Hall–Kier alpha value is -0.570. The summed E-state index contributed by atoms with van der Waals surface area (Å²) in [5.74, 6) is 0.209. The van der Waals surface area contributed by atoms with Crippen molar-refractivity contribution in [2.24, 2.45) is 0 Å². The van der Waals surface area contributed by atoms with E-state index in [1.165, 1.54) is 0 Å². The number of hydrogen-bond donors (Lipinski definition) is 0. The monoisotopic (exact) mass is 172 g/mol. The van der Waals surface area contributed by atoms with Crippen molar-refractivity contribution in [3.8, 4) is 0 Å².